The minimum absolute atomic E-state index is 0.214. The minimum atomic E-state index is 0.214. The highest BCUT2D eigenvalue weighted by molar-refractivity contribution is 5.42. The van der Waals surface area contributed by atoms with Gasteiger partial charge in [0.25, 0.3) is 0 Å². The highest BCUT2D eigenvalue weighted by Crippen LogP contribution is 2.43. The second kappa shape index (κ2) is 8.88. The van der Waals surface area contributed by atoms with Crippen LogP contribution in [-0.4, -0.2) is 29.0 Å². The zero-order valence-electron chi connectivity index (χ0n) is 19.3. The van der Waals surface area contributed by atoms with E-state index in [0.29, 0.717) is 0 Å². The molecule has 5 aromatic rings. The Hall–Kier alpha value is -3.77. The summed E-state index contributed by atoms with van der Waals surface area (Å²) in [6.45, 7) is 2.97. The molecule has 1 aliphatic heterocycles. The fourth-order valence-electron chi connectivity index (χ4n) is 5.32. The monoisotopic (exact) mass is 448 g/mol. The van der Waals surface area contributed by atoms with Crippen LogP contribution in [0.2, 0.25) is 0 Å². The molecule has 0 saturated carbocycles. The number of aromatic nitrogens is 5. The predicted octanol–water partition coefficient (Wildman–Crippen LogP) is 5.69. The van der Waals surface area contributed by atoms with Gasteiger partial charge in [0.2, 0.25) is 0 Å². The Labute approximate surface area is 199 Å². The first-order chi connectivity index (χ1) is 16.8. The van der Waals surface area contributed by atoms with E-state index in [9.17, 15) is 0 Å². The van der Waals surface area contributed by atoms with Crippen LogP contribution in [0.1, 0.15) is 53.9 Å². The zero-order chi connectivity index (χ0) is 22.9. The van der Waals surface area contributed by atoms with Gasteiger partial charge in [0, 0.05) is 37.5 Å². The SMILES string of the molecule is Cc1cccnc1[C@@H]1CCC[C@H](c2cn3ccccc3n2)N1Cc1ccccc1-n1cccn1. The van der Waals surface area contributed by atoms with Gasteiger partial charge in [-0.3, -0.25) is 9.88 Å². The van der Waals surface area contributed by atoms with Gasteiger partial charge < -0.3 is 4.40 Å². The van der Waals surface area contributed by atoms with Crippen molar-refractivity contribution in [2.75, 3.05) is 0 Å². The summed E-state index contributed by atoms with van der Waals surface area (Å²) in [5, 5.41) is 4.51. The molecule has 0 N–H and O–H groups in total. The number of benzene rings is 1. The third kappa shape index (κ3) is 3.80. The summed E-state index contributed by atoms with van der Waals surface area (Å²) < 4.78 is 4.08. The molecule has 6 heteroatoms. The summed E-state index contributed by atoms with van der Waals surface area (Å²) in [7, 11) is 0. The summed E-state index contributed by atoms with van der Waals surface area (Å²) in [5.74, 6) is 0. The Balaban J connectivity index is 1.45. The highest BCUT2D eigenvalue weighted by atomic mass is 15.3. The summed E-state index contributed by atoms with van der Waals surface area (Å²) in [5.41, 5.74) is 6.90. The van der Waals surface area contributed by atoms with Gasteiger partial charge in [-0.2, -0.15) is 5.10 Å². The first-order valence-corrected chi connectivity index (χ1v) is 12.0. The molecule has 0 unspecified atom stereocenters. The van der Waals surface area contributed by atoms with Gasteiger partial charge in [-0.25, -0.2) is 9.67 Å². The van der Waals surface area contributed by atoms with E-state index >= 15 is 0 Å². The lowest BCUT2D eigenvalue weighted by molar-refractivity contribution is 0.0685. The Morgan fingerprint density at radius 2 is 1.76 bits per heavy atom. The molecule has 1 aliphatic rings. The standard InChI is InChI=1S/C28H28N6/c1-21-9-7-15-29-28(21)26-13-6-12-25(23-20-32-17-5-4-14-27(32)31-23)33(26)19-22-10-2-3-11-24(22)34-18-8-16-30-34/h2-5,7-11,14-18,20,25-26H,6,12-13,19H2,1H3/t25-,26+/m1/s1. The third-order valence-corrected chi connectivity index (χ3v) is 6.94. The number of para-hydroxylation sites is 1. The van der Waals surface area contributed by atoms with Gasteiger partial charge in [0.05, 0.1) is 29.2 Å². The van der Waals surface area contributed by atoms with Crippen molar-refractivity contribution in [2.24, 2.45) is 0 Å². The molecule has 4 aromatic heterocycles. The van der Waals surface area contributed by atoms with E-state index in [0.717, 1.165) is 42.8 Å². The predicted molar refractivity (Wildman–Crippen MR) is 133 cm³/mol. The van der Waals surface area contributed by atoms with Crippen LogP contribution in [0.5, 0.6) is 0 Å². The lowest BCUT2D eigenvalue weighted by Crippen LogP contribution is -2.37. The lowest BCUT2D eigenvalue weighted by atomic mass is 9.89. The molecule has 170 valence electrons. The fraction of sp³-hybridized carbons (Fsp3) is 0.250. The van der Waals surface area contributed by atoms with Crippen LogP contribution in [0.4, 0.5) is 0 Å². The molecule has 0 radical (unpaired) electrons. The second-order valence-corrected chi connectivity index (χ2v) is 9.05. The maximum atomic E-state index is 5.03. The van der Waals surface area contributed by atoms with Crippen molar-refractivity contribution in [2.45, 2.75) is 44.8 Å². The molecule has 2 atom stereocenters. The quantitative estimate of drug-likeness (QED) is 0.346. The normalized spacial score (nSPS) is 19.0. The van der Waals surface area contributed by atoms with Gasteiger partial charge in [0.1, 0.15) is 5.65 Å². The summed E-state index contributed by atoms with van der Waals surface area (Å²) >= 11 is 0. The van der Waals surface area contributed by atoms with Crippen LogP contribution in [0, 0.1) is 6.92 Å². The maximum Gasteiger partial charge on any atom is 0.137 e. The van der Waals surface area contributed by atoms with Crippen LogP contribution in [0.3, 0.4) is 0 Å². The molecule has 0 aliphatic carbocycles. The van der Waals surface area contributed by atoms with Gasteiger partial charge in [-0.1, -0.05) is 30.3 Å². The Morgan fingerprint density at radius 3 is 2.62 bits per heavy atom. The van der Waals surface area contributed by atoms with Crippen molar-refractivity contribution in [3.05, 3.63) is 114 Å². The van der Waals surface area contributed by atoms with E-state index in [2.05, 4.69) is 76.2 Å². The molecule has 0 bridgehead atoms. The Kier molecular flexibility index (Phi) is 5.43. The zero-order valence-corrected chi connectivity index (χ0v) is 19.3. The number of piperidine rings is 1. The van der Waals surface area contributed by atoms with Crippen LogP contribution >= 0.6 is 0 Å². The topological polar surface area (TPSA) is 51.2 Å². The van der Waals surface area contributed by atoms with E-state index < -0.39 is 0 Å². The number of rotatable bonds is 5. The average Bonchev–Trinajstić information content (AvgIpc) is 3.55. The number of nitrogens with zero attached hydrogens (tertiary/aromatic N) is 6. The summed E-state index contributed by atoms with van der Waals surface area (Å²) in [6.07, 6.45) is 13.4. The number of pyridine rings is 2. The smallest absolute Gasteiger partial charge is 0.137 e. The molecule has 0 spiro atoms. The molecule has 6 nitrogen and oxygen atoms in total. The van der Waals surface area contributed by atoms with Crippen LogP contribution < -0.4 is 0 Å². The number of likely N-dealkylation sites (tertiary alicyclic amines) is 1. The van der Waals surface area contributed by atoms with E-state index in [4.69, 9.17) is 9.97 Å². The van der Waals surface area contributed by atoms with Crippen molar-refractivity contribution in [1.82, 2.24) is 29.0 Å². The van der Waals surface area contributed by atoms with Gasteiger partial charge in [-0.15, -0.1) is 0 Å². The van der Waals surface area contributed by atoms with Crippen molar-refractivity contribution < 1.29 is 0 Å². The number of hydrogen-bond acceptors (Lipinski definition) is 4. The van der Waals surface area contributed by atoms with Crippen molar-refractivity contribution in [1.29, 1.82) is 0 Å². The molecule has 0 amide bonds. The van der Waals surface area contributed by atoms with Gasteiger partial charge >= 0.3 is 0 Å². The highest BCUT2D eigenvalue weighted by Gasteiger charge is 2.35. The second-order valence-electron chi connectivity index (χ2n) is 9.05. The third-order valence-electron chi connectivity index (χ3n) is 6.94. The molecule has 1 fully saturated rings. The molecule has 1 saturated heterocycles. The van der Waals surface area contributed by atoms with E-state index in [-0.39, 0.29) is 12.1 Å². The van der Waals surface area contributed by atoms with Gasteiger partial charge in [-0.05, 0) is 67.6 Å². The van der Waals surface area contributed by atoms with Gasteiger partial charge in [0.15, 0.2) is 0 Å². The van der Waals surface area contributed by atoms with Crippen molar-refractivity contribution in [3.8, 4) is 5.69 Å². The first kappa shape index (κ1) is 20.8. The molecule has 1 aromatic carbocycles. The molecule has 34 heavy (non-hydrogen) atoms. The molecule has 5 heterocycles. The summed E-state index contributed by atoms with van der Waals surface area (Å²) in [6, 6.07) is 21.3. The summed E-state index contributed by atoms with van der Waals surface area (Å²) in [4.78, 5) is 12.5. The molecular weight excluding hydrogens is 420 g/mol. The van der Waals surface area contributed by atoms with E-state index in [1.807, 2.05) is 41.5 Å². The Morgan fingerprint density at radius 1 is 0.882 bits per heavy atom. The largest absolute Gasteiger partial charge is 0.307 e. The van der Waals surface area contributed by atoms with E-state index in [1.54, 1.807) is 0 Å². The van der Waals surface area contributed by atoms with Crippen LogP contribution in [-0.2, 0) is 6.54 Å². The Bertz CT molecular complexity index is 1370. The molecule has 6 rings (SSSR count). The fourth-order valence-corrected chi connectivity index (χ4v) is 5.32. The van der Waals surface area contributed by atoms with Crippen LogP contribution in [0.25, 0.3) is 11.3 Å². The van der Waals surface area contributed by atoms with Crippen LogP contribution in [0.15, 0.2) is 91.6 Å². The number of aryl methyl sites for hydroxylation is 1. The number of fused-ring (bicyclic) bond motifs is 1. The first-order valence-electron chi connectivity index (χ1n) is 12.0. The maximum absolute atomic E-state index is 5.03. The minimum Gasteiger partial charge on any atom is -0.307 e. The number of hydrogen-bond donors (Lipinski definition) is 0. The van der Waals surface area contributed by atoms with E-state index in [1.165, 1.54) is 16.8 Å². The average molecular weight is 449 g/mol. The number of imidazole rings is 1. The molecular formula is C28H28N6. The van der Waals surface area contributed by atoms with Crippen molar-refractivity contribution in [3.63, 3.8) is 0 Å². The lowest BCUT2D eigenvalue weighted by Gasteiger charge is -2.42. The van der Waals surface area contributed by atoms with Crippen molar-refractivity contribution >= 4 is 5.65 Å².